The summed E-state index contributed by atoms with van der Waals surface area (Å²) in [6.45, 7) is 4.44. The van der Waals surface area contributed by atoms with Crippen molar-refractivity contribution in [3.63, 3.8) is 0 Å². The van der Waals surface area contributed by atoms with Crippen molar-refractivity contribution < 1.29 is 19.4 Å². The number of aromatic carboxylic acids is 1. The number of ether oxygens (including phenoxy) is 1. The molecule has 0 saturated carbocycles. The smallest absolute Gasteiger partial charge is 0.336 e. The van der Waals surface area contributed by atoms with Gasteiger partial charge in [0.25, 0.3) is 0 Å². The fourth-order valence-corrected chi connectivity index (χ4v) is 4.97. The zero-order valence-corrected chi connectivity index (χ0v) is 21.5. The number of urea groups is 1. The Morgan fingerprint density at radius 3 is 2.34 bits per heavy atom. The maximum absolute atomic E-state index is 13.1. The summed E-state index contributed by atoms with van der Waals surface area (Å²) in [5, 5.41) is 15.8. The Labute approximate surface area is 222 Å². The van der Waals surface area contributed by atoms with Crippen molar-refractivity contribution in [1.29, 1.82) is 0 Å². The Kier molecular flexibility index (Phi) is 7.13. The molecule has 1 atom stereocenters. The molecule has 0 bridgehead atoms. The molecule has 6 heteroatoms. The Morgan fingerprint density at radius 2 is 1.61 bits per heavy atom. The maximum Gasteiger partial charge on any atom is 0.336 e. The normalized spacial score (nSPS) is 14.5. The molecule has 5 rings (SSSR count). The minimum atomic E-state index is -1.00. The van der Waals surface area contributed by atoms with Gasteiger partial charge in [0.05, 0.1) is 17.9 Å². The minimum Gasteiger partial charge on any atom is -0.491 e. The number of carboxylic acids is 1. The number of anilines is 2. The summed E-state index contributed by atoms with van der Waals surface area (Å²) in [6.07, 6.45) is 1.72. The van der Waals surface area contributed by atoms with E-state index in [1.807, 2.05) is 74.5 Å². The van der Waals surface area contributed by atoms with Gasteiger partial charge in [-0.1, -0.05) is 65.7 Å². The SMILES string of the molecule is Cc1ccc(NC(=O)Nc2cc(-c3cc(C)ccc3C(=O)O)cc3c2OCCCC3c2ccccc2)cc1. The summed E-state index contributed by atoms with van der Waals surface area (Å²) < 4.78 is 6.23. The van der Waals surface area contributed by atoms with Crippen LogP contribution in [-0.4, -0.2) is 23.7 Å². The maximum atomic E-state index is 13.1. The van der Waals surface area contributed by atoms with Gasteiger partial charge in [-0.05, 0) is 73.7 Å². The molecule has 4 aromatic carbocycles. The zero-order valence-electron chi connectivity index (χ0n) is 21.5. The fraction of sp³-hybridized carbons (Fsp3) is 0.188. The van der Waals surface area contributed by atoms with Crippen LogP contribution in [0.1, 0.15) is 51.4 Å². The molecule has 6 nitrogen and oxygen atoms in total. The molecular formula is C32H30N2O4. The monoisotopic (exact) mass is 506 g/mol. The number of benzene rings is 4. The number of carbonyl (C=O) groups excluding carboxylic acids is 1. The van der Waals surface area contributed by atoms with Crippen LogP contribution in [0.3, 0.4) is 0 Å². The summed E-state index contributed by atoms with van der Waals surface area (Å²) in [4.78, 5) is 25.2. The Bertz CT molecular complexity index is 1480. The Hall–Kier alpha value is -4.58. The van der Waals surface area contributed by atoms with Crippen LogP contribution >= 0.6 is 0 Å². The number of amides is 2. The molecule has 1 aliphatic rings. The molecule has 0 radical (unpaired) electrons. The molecule has 3 N–H and O–H groups in total. The van der Waals surface area contributed by atoms with E-state index in [-0.39, 0.29) is 11.5 Å². The molecule has 0 saturated heterocycles. The number of carboxylic acid groups (broad SMARTS) is 1. The van der Waals surface area contributed by atoms with Crippen molar-refractivity contribution in [2.45, 2.75) is 32.6 Å². The van der Waals surface area contributed by atoms with Crippen molar-refractivity contribution in [1.82, 2.24) is 0 Å². The van der Waals surface area contributed by atoms with Crippen LogP contribution in [0.4, 0.5) is 16.2 Å². The summed E-state index contributed by atoms with van der Waals surface area (Å²) >= 11 is 0. The fourth-order valence-electron chi connectivity index (χ4n) is 4.97. The van der Waals surface area contributed by atoms with Gasteiger partial charge in [-0.2, -0.15) is 0 Å². The van der Waals surface area contributed by atoms with Gasteiger partial charge in [-0.15, -0.1) is 0 Å². The minimum absolute atomic E-state index is 0.0347. The van der Waals surface area contributed by atoms with Crippen LogP contribution in [0.5, 0.6) is 5.75 Å². The lowest BCUT2D eigenvalue weighted by Crippen LogP contribution is -2.20. The number of hydrogen-bond donors (Lipinski definition) is 3. The highest BCUT2D eigenvalue weighted by atomic mass is 16.5. The van der Waals surface area contributed by atoms with Crippen molar-refractivity contribution in [3.05, 3.63) is 113 Å². The standard InChI is InChI=1S/C32H30N2O4/c1-20-10-13-24(14-11-20)33-32(37)34-29-19-23(27-17-21(2)12-15-26(27)31(35)36)18-28-25(9-6-16-38-30(28)29)22-7-4-3-5-8-22/h3-5,7-8,10-15,17-19,25H,6,9,16H2,1-2H3,(H,35,36)(H2,33,34,37). The van der Waals surface area contributed by atoms with Crippen LogP contribution in [0.2, 0.25) is 0 Å². The molecule has 0 spiro atoms. The van der Waals surface area contributed by atoms with Gasteiger partial charge in [0, 0.05) is 17.2 Å². The molecule has 0 aliphatic carbocycles. The van der Waals surface area contributed by atoms with E-state index in [1.165, 1.54) is 0 Å². The molecule has 192 valence electrons. The van der Waals surface area contributed by atoms with Gasteiger partial charge in [-0.25, -0.2) is 9.59 Å². The van der Waals surface area contributed by atoms with Gasteiger partial charge in [0.1, 0.15) is 5.75 Å². The lowest BCUT2D eigenvalue weighted by molar-refractivity contribution is 0.0697. The average Bonchev–Trinajstić information content (AvgIpc) is 3.13. The number of rotatable bonds is 5. The van der Waals surface area contributed by atoms with Gasteiger partial charge >= 0.3 is 12.0 Å². The molecule has 0 fully saturated rings. The third-order valence-corrected chi connectivity index (χ3v) is 6.85. The Balaban J connectivity index is 1.64. The molecule has 4 aromatic rings. The lowest BCUT2D eigenvalue weighted by Gasteiger charge is -2.22. The number of fused-ring (bicyclic) bond motifs is 1. The van der Waals surface area contributed by atoms with E-state index in [2.05, 4.69) is 22.8 Å². The second-order valence-corrected chi connectivity index (χ2v) is 9.70. The van der Waals surface area contributed by atoms with Crippen molar-refractivity contribution >= 4 is 23.4 Å². The molecule has 1 heterocycles. The van der Waals surface area contributed by atoms with E-state index >= 15 is 0 Å². The topological polar surface area (TPSA) is 87.7 Å². The number of nitrogens with one attached hydrogen (secondary N) is 2. The summed E-state index contributed by atoms with van der Waals surface area (Å²) in [5.74, 6) is -0.353. The van der Waals surface area contributed by atoms with Crippen LogP contribution in [-0.2, 0) is 0 Å². The quantitative estimate of drug-likeness (QED) is 0.260. The van der Waals surface area contributed by atoms with Crippen LogP contribution in [0.15, 0.2) is 84.9 Å². The van der Waals surface area contributed by atoms with Gasteiger partial charge < -0.3 is 20.5 Å². The molecule has 0 aromatic heterocycles. The summed E-state index contributed by atoms with van der Waals surface area (Å²) in [5.41, 5.74) is 6.80. The van der Waals surface area contributed by atoms with E-state index in [9.17, 15) is 14.7 Å². The highest BCUT2D eigenvalue weighted by Crippen LogP contribution is 2.45. The van der Waals surface area contributed by atoms with E-state index in [0.29, 0.717) is 34.9 Å². The molecule has 38 heavy (non-hydrogen) atoms. The molecular weight excluding hydrogens is 476 g/mol. The predicted molar refractivity (Wildman–Crippen MR) is 150 cm³/mol. The second-order valence-electron chi connectivity index (χ2n) is 9.70. The van der Waals surface area contributed by atoms with E-state index in [1.54, 1.807) is 12.1 Å². The first-order valence-electron chi connectivity index (χ1n) is 12.7. The Morgan fingerprint density at radius 1 is 0.868 bits per heavy atom. The zero-order chi connectivity index (χ0) is 26.6. The average molecular weight is 507 g/mol. The van der Waals surface area contributed by atoms with Crippen LogP contribution in [0, 0.1) is 13.8 Å². The third kappa shape index (κ3) is 5.39. The molecule has 2 amide bonds. The van der Waals surface area contributed by atoms with Gasteiger partial charge in [0.15, 0.2) is 0 Å². The number of carbonyl (C=O) groups is 2. The first-order valence-corrected chi connectivity index (χ1v) is 12.7. The summed E-state index contributed by atoms with van der Waals surface area (Å²) in [7, 11) is 0. The third-order valence-electron chi connectivity index (χ3n) is 6.85. The molecule has 1 aliphatic heterocycles. The predicted octanol–water partition coefficient (Wildman–Crippen LogP) is 7.62. The van der Waals surface area contributed by atoms with E-state index < -0.39 is 12.0 Å². The second kappa shape index (κ2) is 10.8. The van der Waals surface area contributed by atoms with Crippen LogP contribution < -0.4 is 15.4 Å². The van der Waals surface area contributed by atoms with Crippen LogP contribution in [0.25, 0.3) is 11.1 Å². The lowest BCUT2D eigenvalue weighted by atomic mass is 9.85. The first-order chi connectivity index (χ1) is 18.4. The highest BCUT2D eigenvalue weighted by molar-refractivity contribution is 6.02. The van der Waals surface area contributed by atoms with Gasteiger partial charge in [-0.3, -0.25) is 0 Å². The van der Waals surface area contributed by atoms with Crippen molar-refractivity contribution in [2.75, 3.05) is 17.2 Å². The largest absolute Gasteiger partial charge is 0.491 e. The van der Waals surface area contributed by atoms with Gasteiger partial charge in [0.2, 0.25) is 0 Å². The first kappa shape index (κ1) is 25.1. The number of aryl methyl sites for hydroxylation is 2. The summed E-state index contributed by atoms with van der Waals surface area (Å²) in [6, 6.07) is 26.5. The molecule has 1 unspecified atom stereocenters. The highest BCUT2D eigenvalue weighted by Gasteiger charge is 2.26. The van der Waals surface area contributed by atoms with Crippen molar-refractivity contribution in [2.24, 2.45) is 0 Å². The van der Waals surface area contributed by atoms with E-state index in [4.69, 9.17) is 4.74 Å². The van der Waals surface area contributed by atoms with Crippen molar-refractivity contribution in [3.8, 4) is 16.9 Å². The van der Waals surface area contributed by atoms with E-state index in [0.717, 1.165) is 35.1 Å². The number of hydrogen-bond acceptors (Lipinski definition) is 3.